The molecule has 2 aromatic rings. The second-order valence-electron chi connectivity index (χ2n) is 7.04. The second kappa shape index (κ2) is 8.82. The molecular formula is C21H25F3N2O2. The number of alkyl halides is 3. The van der Waals surface area contributed by atoms with Crippen molar-refractivity contribution in [1.82, 2.24) is 10.4 Å². The molecule has 2 aromatic carbocycles. The maximum atomic E-state index is 14.0. The summed E-state index contributed by atoms with van der Waals surface area (Å²) in [5, 5.41) is 2.44. The first-order chi connectivity index (χ1) is 13.4. The molecule has 1 amide bonds. The zero-order valence-corrected chi connectivity index (χ0v) is 15.9. The molecule has 1 heterocycles. The van der Waals surface area contributed by atoms with Crippen molar-refractivity contribution in [3.63, 3.8) is 0 Å². The van der Waals surface area contributed by atoms with Crippen molar-refractivity contribution in [2.45, 2.75) is 51.2 Å². The first-order valence-electron chi connectivity index (χ1n) is 9.69. The molecule has 1 fully saturated rings. The normalized spacial score (nSPS) is 16.4. The number of hydrazine groups is 1. The highest BCUT2D eigenvalue weighted by Gasteiger charge is 2.48. The summed E-state index contributed by atoms with van der Waals surface area (Å²) in [7, 11) is 0. The molecule has 7 heteroatoms. The van der Waals surface area contributed by atoms with Gasteiger partial charge in [-0.15, -0.1) is 0 Å². The van der Waals surface area contributed by atoms with Crippen LogP contribution in [0.25, 0.3) is 10.8 Å². The zero-order valence-electron chi connectivity index (χ0n) is 15.9. The number of carbonyl (C=O) groups is 1. The minimum atomic E-state index is -4.56. The number of nitrogens with zero attached hydrogens (tertiary/aromatic N) is 1. The lowest BCUT2D eigenvalue weighted by molar-refractivity contribution is -0.191. The number of hydrogen-bond acceptors (Lipinski definition) is 3. The van der Waals surface area contributed by atoms with E-state index in [9.17, 15) is 18.0 Å². The first kappa shape index (κ1) is 20.5. The molecule has 1 N–H and O–H groups in total. The molecule has 3 rings (SSSR count). The van der Waals surface area contributed by atoms with Gasteiger partial charge in [0.05, 0.1) is 6.61 Å². The Morgan fingerprint density at radius 1 is 1.14 bits per heavy atom. The molecule has 0 saturated carbocycles. The number of nitrogens with one attached hydrogen (secondary N) is 1. The van der Waals surface area contributed by atoms with Gasteiger partial charge in [0, 0.05) is 23.9 Å². The third-order valence-corrected chi connectivity index (χ3v) is 4.92. The summed E-state index contributed by atoms with van der Waals surface area (Å²) in [6, 6.07) is 8.44. The van der Waals surface area contributed by atoms with Crippen LogP contribution >= 0.6 is 0 Å². The first-order valence-corrected chi connectivity index (χ1v) is 9.69. The van der Waals surface area contributed by atoms with Crippen LogP contribution in [0.3, 0.4) is 0 Å². The predicted octanol–water partition coefficient (Wildman–Crippen LogP) is 5.14. The van der Waals surface area contributed by atoms with Crippen LogP contribution in [0.5, 0.6) is 5.75 Å². The molecule has 1 aliphatic heterocycles. The smallest absolute Gasteiger partial charge is 0.410 e. The summed E-state index contributed by atoms with van der Waals surface area (Å²) in [6.07, 6.45) is -0.607. The molecule has 152 valence electrons. The molecule has 28 heavy (non-hydrogen) atoms. The molecule has 0 radical (unpaired) electrons. The molecule has 1 aliphatic rings. The lowest BCUT2D eigenvalue weighted by Crippen LogP contribution is -2.43. The van der Waals surface area contributed by atoms with E-state index in [0.717, 1.165) is 36.1 Å². The van der Waals surface area contributed by atoms with Gasteiger partial charge in [0.2, 0.25) is 5.91 Å². The van der Waals surface area contributed by atoms with Gasteiger partial charge in [-0.05, 0) is 11.8 Å². The highest BCUT2D eigenvalue weighted by molar-refractivity contribution is 5.90. The Bertz CT molecular complexity index is 823. The van der Waals surface area contributed by atoms with E-state index in [2.05, 4.69) is 12.3 Å². The second-order valence-corrected chi connectivity index (χ2v) is 7.04. The van der Waals surface area contributed by atoms with Crippen LogP contribution in [0.4, 0.5) is 13.2 Å². The largest absolute Gasteiger partial charge is 0.493 e. The molecule has 1 atom stereocenters. The lowest BCUT2D eigenvalue weighted by Gasteiger charge is -2.31. The molecule has 1 saturated heterocycles. The van der Waals surface area contributed by atoms with Gasteiger partial charge in [-0.1, -0.05) is 62.6 Å². The van der Waals surface area contributed by atoms with Crippen LogP contribution in [0.15, 0.2) is 36.4 Å². The van der Waals surface area contributed by atoms with E-state index in [1.807, 2.05) is 12.1 Å². The molecule has 0 aromatic heterocycles. The van der Waals surface area contributed by atoms with E-state index in [4.69, 9.17) is 4.74 Å². The van der Waals surface area contributed by atoms with Crippen molar-refractivity contribution < 1.29 is 22.7 Å². The topological polar surface area (TPSA) is 41.6 Å². The maximum Gasteiger partial charge on any atom is 0.410 e. The van der Waals surface area contributed by atoms with Gasteiger partial charge in [0.1, 0.15) is 5.75 Å². The third-order valence-electron chi connectivity index (χ3n) is 4.92. The molecular weight excluding hydrogens is 369 g/mol. The monoisotopic (exact) mass is 394 g/mol. The Labute approximate surface area is 162 Å². The van der Waals surface area contributed by atoms with Crippen molar-refractivity contribution >= 4 is 16.7 Å². The van der Waals surface area contributed by atoms with Crippen LogP contribution in [-0.4, -0.2) is 30.2 Å². The van der Waals surface area contributed by atoms with E-state index in [1.54, 1.807) is 18.2 Å². The fourth-order valence-electron chi connectivity index (χ4n) is 3.55. The molecule has 4 nitrogen and oxygen atoms in total. The van der Waals surface area contributed by atoms with Gasteiger partial charge in [-0.3, -0.25) is 10.2 Å². The fourth-order valence-corrected chi connectivity index (χ4v) is 3.55. The molecule has 0 aliphatic carbocycles. The Hall–Kier alpha value is -2.28. The van der Waals surface area contributed by atoms with Crippen LogP contribution in [0, 0.1) is 0 Å². The van der Waals surface area contributed by atoms with E-state index in [0.29, 0.717) is 12.0 Å². The average molecular weight is 394 g/mol. The minimum Gasteiger partial charge on any atom is -0.493 e. The summed E-state index contributed by atoms with van der Waals surface area (Å²) in [4.78, 5) is 11.5. The molecule has 0 spiro atoms. The summed E-state index contributed by atoms with van der Waals surface area (Å²) in [5.74, 6) is -0.157. The number of halogens is 3. The van der Waals surface area contributed by atoms with E-state index >= 15 is 0 Å². The highest BCUT2D eigenvalue weighted by Crippen LogP contribution is 2.44. The van der Waals surface area contributed by atoms with Gasteiger partial charge in [-0.2, -0.15) is 13.2 Å². The van der Waals surface area contributed by atoms with Crippen LogP contribution in [0.1, 0.15) is 50.6 Å². The number of carbonyl (C=O) groups excluding carboxylic acids is 1. The van der Waals surface area contributed by atoms with E-state index in [1.165, 1.54) is 6.07 Å². The summed E-state index contributed by atoms with van der Waals surface area (Å²) in [6.45, 7) is 2.46. The number of amides is 1. The van der Waals surface area contributed by atoms with Crippen LogP contribution in [0.2, 0.25) is 0 Å². The molecule has 0 unspecified atom stereocenters. The number of fused-ring (bicyclic) bond motifs is 1. The van der Waals surface area contributed by atoms with Crippen LogP contribution < -0.4 is 10.2 Å². The fraction of sp³-hybridized carbons (Fsp3) is 0.476. The Kier molecular flexibility index (Phi) is 6.44. The number of hydrogen-bond donors (Lipinski definition) is 1. The van der Waals surface area contributed by atoms with Crippen molar-refractivity contribution in [2.75, 3.05) is 13.2 Å². The minimum absolute atomic E-state index is 0.00573. The zero-order chi connectivity index (χ0) is 20.1. The van der Waals surface area contributed by atoms with Gasteiger partial charge >= 0.3 is 6.18 Å². The van der Waals surface area contributed by atoms with Crippen molar-refractivity contribution in [3.8, 4) is 5.75 Å². The number of benzene rings is 2. The van der Waals surface area contributed by atoms with Gasteiger partial charge in [0.15, 0.2) is 6.04 Å². The van der Waals surface area contributed by atoms with E-state index < -0.39 is 18.1 Å². The Balaban J connectivity index is 1.99. The highest BCUT2D eigenvalue weighted by atomic mass is 19.4. The Morgan fingerprint density at radius 3 is 2.61 bits per heavy atom. The summed E-state index contributed by atoms with van der Waals surface area (Å²) in [5.41, 5.74) is 2.37. The van der Waals surface area contributed by atoms with E-state index in [-0.39, 0.29) is 24.3 Å². The molecule has 0 bridgehead atoms. The van der Waals surface area contributed by atoms with Crippen molar-refractivity contribution in [1.29, 1.82) is 0 Å². The standard InChI is InChI=1S/C21H25F3N2O2/c1-2-3-4-7-14-28-19-16-9-6-5-8-15(16)10-11-17(19)20(21(22,23)24)26-13-12-18(27)25-26/h5-6,8-11,20H,2-4,7,12-14H2,1H3,(H,25,27)/t20-/m0/s1. The maximum absolute atomic E-state index is 14.0. The quantitative estimate of drug-likeness (QED) is 0.631. The van der Waals surface area contributed by atoms with Gasteiger partial charge in [0.25, 0.3) is 0 Å². The third kappa shape index (κ3) is 4.58. The number of unbranched alkanes of at least 4 members (excludes halogenated alkanes) is 3. The van der Waals surface area contributed by atoms with Crippen molar-refractivity contribution in [2.24, 2.45) is 0 Å². The number of rotatable bonds is 8. The SMILES string of the molecule is CCCCCCOc1c([C@H](N2CCC(=O)N2)C(F)(F)F)ccc2ccccc12. The Morgan fingerprint density at radius 2 is 1.93 bits per heavy atom. The number of ether oxygens (including phenoxy) is 1. The average Bonchev–Trinajstić information content (AvgIpc) is 3.07. The van der Waals surface area contributed by atoms with Crippen LogP contribution in [-0.2, 0) is 4.79 Å². The van der Waals surface area contributed by atoms with Gasteiger partial charge < -0.3 is 4.74 Å². The van der Waals surface area contributed by atoms with Crippen molar-refractivity contribution in [3.05, 3.63) is 42.0 Å². The summed E-state index contributed by atoms with van der Waals surface area (Å²) >= 11 is 0. The summed E-state index contributed by atoms with van der Waals surface area (Å²) < 4.78 is 47.9. The predicted molar refractivity (Wildman–Crippen MR) is 102 cm³/mol. The lowest BCUT2D eigenvalue weighted by atomic mass is 9.99. The van der Waals surface area contributed by atoms with Gasteiger partial charge in [-0.25, -0.2) is 5.01 Å².